The number of pyridine rings is 1. The SMILES string of the molecule is C=CC(O)Nc1cc(C)ccc1Nc1nc(Nc2cc(OC)ncc2C)ncc1C(F)(F)F. The van der Waals surface area contributed by atoms with E-state index in [0.29, 0.717) is 23.5 Å². The first-order valence-electron chi connectivity index (χ1n) is 9.77. The Morgan fingerprint density at radius 1 is 1.06 bits per heavy atom. The van der Waals surface area contributed by atoms with Gasteiger partial charge in [-0.15, -0.1) is 0 Å². The van der Waals surface area contributed by atoms with Gasteiger partial charge in [0.05, 0.1) is 24.2 Å². The predicted octanol–water partition coefficient (Wildman–Crippen LogP) is 4.92. The van der Waals surface area contributed by atoms with E-state index in [9.17, 15) is 18.3 Å². The summed E-state index contributed by atoms with van der Waals surface area (Å²) in [4.78, 5) is 12.0. The van der Waals surface area contributed by atoms with Crippen molar-refractivity contribution in [2.24, 2.45) is 0 Å². The lowest BCUT2D eigenvalue weighted by Crippen LogP contribution is -2.17. The Bertz CT molecular complexity index is 1150. The lowest BCUT2D eigenvalue weighted by atomic mass is 10.1. The number of benzene rings is 1. The van der Waals surface area contributed by atoms with Gasteiger partial charge in [-0.25, -0.2) is 9.97 Å². The molecule has 2 aromatic heterocycles. The number of aryl methyl sites for hydroxylation is 2. The van der Waals surface area contributed by atoms with Crippen LogP contribution in [0.5, 0.6) is 5.88 Å². The van der Waals surface area contributed by atoms with E-state index in [1.807, 2.05) is 6.92 Å². The van der Waals surface area contributed by atoms with Crippen LogP contribution in [0.25, 0.3) is 0 Å². The zero-order valence-corrected chi connectivity index (χ0v) is 18.2. The molecule has 1 unspecified atom stereocenters. The highest BCUT2D eigenvalue weighted by Gasteiger charge is 2.35. The minimum Gasteiger partial charge on any atom is -0.481 e. The van der Waals surface area contributed by atoms with Gasteiger partial charge in [-0.3, -0.25) is 0 Å². The van der Waals surface area contributed by atoms with Gasteiger partial charge in [-0.1, -0.05) is 12.6 Å². The molecule has 0 amide bonds. The summed E-state index contributed by atoms with van der Waals surface area (Å²) in [7, 11) is 1.45. The first kappa shape index (κ1) is 23.8. The van der Waals surface area contributed by atoms with E-state index < -0.39 is 23.8 Å². The van der Waals surface area contributed by atoms with Crippen molar-refractivity contribution in [3.05, 3.63) is 66.0 Å². The Hall–Kier alpha value is -3.86. The van der Waals surface area contributed by atoms with E-state index in [-0.39, 0.29) is 11.6 Å². The lowest BCUT2D eigenvalue weighted by Gasteiger charge is -2.19. The van der Waals surface area contributed by atoms with Gasteiger partial charge in [0.25, 0.3) is 0 Å². The van der Waals surface area contributed by atoms with Gasteiger partial charge in [0, 0.05) is 18.5 Å². The van der Waals surface area contributed by atoms with Gasteiger partial charge in [-0.05, 0) is 43.2 Å². The fourth-order valence-electron chi connectivity index (χ4n) is 2.85. The number of halogens is 3. The zero-order chi connectivity index (χ0) is 24.2. The summed E-state index contributed by atoms with van der Waals surface area (Å²) in [6, 6.07) is 6.56. The van der Waals surface area contributed by atoms with Crippen molar-refractivity contribution < 1.29 is 23.0 Å². The van der Waals surface area contributed by atoms with Crippen LogP contribution in [0.2, 0.25) is 0 Å². The van der Waals surface area contributed by atoms with Crippen LogP contribution in [0, 0.1) is 13.8 Å². The van der Waals surface area contributed by atoms with E-state index in [2.05, 4.69) is 37.5 Å². The van der Waals surface area contributed by atoms with Crippen molar-refractivity contribution in [2.75, 3.05) is 23.1 Å². The standard InChI is InChI=1S/C22H23F3N6O2/c1-5-18(32)28-17-8-12(2)6-7-15(17)29-20-14(22(23,24)25)11-27-21(31-20)30-16-9-19(33-4)26-10-13(16)3/h5-11,18,28,32H,1H2,2-4H3,(H2,26,27,29,30,31). The van der Waals surface area contributed by atoms with Gasteiger partial charge in [0.15, 0.2) is 0 Å². The molecule has 0 bridgehead atoms. The number of ether oxygens (including phenoxy) is 1. The van der Waals surface area contributed by atoms with Crippen molar-refractivity contribution >= 4 is 28.8 Å². The van der Waals surface area contributed by atoms with Gasteiger partial charge < -0.3 is 25.8 Å². The highest BCUT2D eigenvalue weighted by atomic mass is 19.4. The largest absolute Gasteiger partial charge is 0.481 e. The van der Waals surface area contributed by atoms with Crippen molar-refractivity contribution in [3.8, 4) is 5.88 Å². The molecule has 11 heteroatoms. The summed E-state index contributed by atoms with van der Waals surface area (Å²) in [5.74, 6) is -0.197. The summed E-state index contributed by atoms with van der Waals surface area (Å²) in [6.07, 6.45) is -2.28. The second-order valence-corrected chi connectivity index (χ2v) is 7.12. The summed E-state index contributed by atoms with van der Waals surface area (Å²) in [5, 5.41) is 18.2. The minimum atomic E-state index is -4.70. The number of aromatic nitrogens is 3. The summed E-state index contributed by atoms with van der Waals surface area (Å²) >= 11 is 0. The highest BCUT2D eigenvalue weighted by Crippen LogP contribution is 2.37. The smallest absolute Gasteiger partial charge is 0.421 e. The quantitative estimate of drug-likeness (QED) is 0.277. The van der Waals surface area contributed by atoms with Crippen molar-refractivity contribution in [1.82, 2.24) is 15.0 Å². The molecule has 1 aromatic carbocycles. The zero-order valence-electron chi connectivity index (χ0n) is 18.2. The number of aliphatic hydroxyl groups is 1. The molecular formula is C22H23F3N6O2. The van der Waals surface area contributed by atoms with Crippen LogP contribution in [0.1, 0.15) is 16.7 Å². The summed E-state index contributed by atoms with van der Waals surface area (Å²) in [5.41, 5.74) is 1.68. The summed E-state index contributed by atoms with van der Waals surface area (Å²) < 4.78 is 46.1. The third-order valence-electron chi connectivity index (χ3n) is 4.58. The molecule has 0 aliphatic carbocycles. The van der Waals surface area contributed by atoms with Crippen LogP contribution < -0.4 is 20.7 Å². The number of anilines is 5. The Labute approximate surface area is 188 Å². The maximum Gasteiger partial charge on any atom is 0.421 e. The number of hydrogen-bond donors (Lipinski definition) is 4. The molecule has 1 atom stereocenters. The lowest BCUT2D eigenvalue weighted by molar-refractivity contribution is -0.137. The van der Waals surface area contributed by atoms with Gasteiger partial charge >= 0.3 is 6.18 Å². The molecule has 8 nitrogen and oxygen atoms in total. The molecule has 0 fully saturated rings. The van der Waals surface area contributed by atoms with E-state index in [0.717, 1.165) is 11.1 Å². The molecule has 2 heterocycles. The fraction of sp³-hybridized carbons (Fsp3) is 0.227. The number of nitrogens with zero attached hydrogens (tertiary/aromatic N) is 3. The minimum absolute atomic E-state index is 0.0606. The van der Waals surface area contributed by atoms with Crippen molar-refractivity contribution in [1.29, 1.82) is 0 Å². The molecule has 0 radical (unpaired) electrons. The molecule has 3 rings (SSSR count). The highest BCUT2D eigenvalue weighted by molar-refractivity contribution is 5.76. The van der Waals surface area contributed by atoms with E-state index in [1.54, 1.807) is 37.4 Å². The predicted molar refractivity (Wildman–Crippen MR) is 120 cm³/mol. The Balaban J connectivity index is 2.01. The van der Waals surface area contributed by atoms with E-state index >= 15 is 0 Å². The first-order chi connectivity index (χ1) is 15.6. The average Bonchev–Trinajstić information content (AvgIpc) is 2.76. The second-order valence-electron chi connectivity index (χ2n) is 7.12. The molecule has 0 aliphatic heterocycles. The molecule has 0 aliphatic rings. The van der Waals surface area contributed by atoms with Crippen molar-refractivity contribution in [2.45, 2.75) is 26.3 Å². The molecule has 0 saturated carbocycles. The van der Waals surface area contributed by atoms with E-state index in [1.165, 1.54) is 13.2 Å². The fourth-order valence-corrected chi connectivity index (χ4v) is 2.85. The topological polar surface area (TPSA) is 104 Å². The van der Waals surface area contributed by atoms with Gasteiger partial charge in [-0.2, -0.15) is 18.2 Å². The maximum atomic E-state index is 13.7. The van der Waals surface area contributed by atoms with E-state index in [4.69, 9.17) is 4.74 Å². The van der Waals surface area contributed by atoms with Crippen molar-refractivity contribution in [3.63, 3.8) is 0 Å². The molecule has 0 saturated heterocycles. The molecule has 4 N–H and O–H groups in total. The van der Waals surface area contributed by atoms with Crippen LogP contribution in [0.4, 0.5) is 42.0 Å². The number of hydrogen-bond acceptors (Lipinski definition) is 8. The third kappa shape index (κ3) is 5.89. The summed E-state index contributed by atoms with van der Waals surface area (Å²) in [6.45, 7) is 7.07. The van der Waals surface area contributed by atoms with Crippen LogP contribution >= 0.6 is 0 Å². The number of methoxy groups -OCH3 is 1. The number of rotatable bonds is 8. The number of aliphatic hydroxyl groups excluding tert-OH is 1. The molecule has 0 spiro atoms. The molecule has 33 heavy (non-hydrogen) atoms. The molecule has 3 aromatic rings. The third-order valence-corrected chi connectivity index (χ3v) is 4.58. The van der Waals surface area contributed by atoms with Crippen LogP contribution in [0.3, 0.4) is 0 Å². The number of alkyl halides is 3. The van der Waals surface area contributed by atoms with Crippen LogP contribution in [-0.2, 0) is 6.18 Å². The van der Waals surface area contributed by atoms with Gasteiger partial charge in [0.2, 0.25) is 11.8 Å². The van der Waals surface area contributed by atoms with Gasteiger partial charge in [0.1, 0.15) is 17.6 Å². The Kier molecular flexibility index (Phi) is 7.02. The Morgan fingerprint density at radius 3 is 2.48 bits per heavy atom. The Morgan fingerprint density at radius 2 is 1.82 bits per heavy atom. The van der Waals surface area contributed by atoms with Crippen LogP contribution in [-0.4, -0.2) is 33.4 Å². The molecular weight excluding hydrogens is 437 g/mol. The monoisotopic (exact) mass is 460 g/mol. The first-order valence-corrected chi connectivity index (χ1v) is 9.77. The second kappa shape index (κ2) is 9.74. The van der Waals surface area contributed by atoms with Crippen LogP contribution in [0.15, 0.2) is 49.3 Å². The normalized spacial score (nSPS) is 12.1. The average molecular weight is 460 g/mol. The maximum absolute atomic E-state index is 13.7. The number of nitrogens with one attached hydrogen (secondary N) is 3. The molecule has 174 valence electrons.